The number of thioether (sulfide) groups is 1. The molecule has 0 spiro atoms. The standard InChI is InChI=1S/C19H23N5OS/c1-6-14-9-7-8-11(2)17(14)21-16(25)10-15-12(3)20-18-22-19(26-5)23-24(18)13(15)4/h7-9H,6,10H2,1-5H3,(H,21,25). The SMILES string of the molecule is CCc1cccc(C)c1NC(=O)Cc1c(C)nc2nc(SC)nn2c1C. The Hall–Kier alpha value is -2.41. The number of amides is 1. The lowest BCUT2D eigenvalue weighted by molar-refractivity contribution is -0.115. The minimum absolute atomic E-state index is 0.0495. The van der Waals surface area contributed by atoms with E-state index in [1.807, 2.05) is 45.2 Å². The van der Waals surface area contributed by atoms with Gasteiger partial charge in [0.05, 0.1) is 6.42 Å². The number of hydrogen-bond acceptors (Lipinski definition) is 5. The van der Waals surface area contributed by atoms with Crippen molar-refractivity contribution in [3.8, 4) is 0 Å². The molecule has 1 N–H and O–H groups in total. The summed E-state index contributed by atoms with van der Waals surface area (Å²) in [5.41, 5.74) is 5.72. The molecule has 6 nitrogen and oxygen atoms in total. The Morgan fingerprint density at radius 2 is 2.00 bits per heavy atom. The number of benzene rings is 1. The van der Waals surface area contributed by atoms with E-state index in [1.165, 1.54) is 11.8 Å². The summed E-state index contributed by atoms with van der Waals surface area (Å²) < 4.78 is 1.71. The fourth-order valence-electron chi connectivity index (χ4n) is 3.08. The summed E-state index contributed by atoms with van der Waals surface area (Å²) in [4.78, 5) is 21.6. The Balaban J connectivity index is 1.90. The number of rotatable bonds is 5. The van der Waals surface area contributed by atoms with Crippen molar-refractivity contribution in [1.82, 2.24) is 19.6 Å². The van der Waals surface area contributed by atoms with Crippen LogP contribution in [-0.4, -0.2) is 31.7 Å². The minimum Gasteiger partial charge on any atom is -0.325 e. The van der Waals surface area contributed by atoms with E-state index in [0.29, 0.717) is 10.9 Å². The first kappa shape index (κ1) is 18.4. The van der Waals surface area contributed by atoms with Crippen LogP contribution in [0.15, 0.2) is 23.4 Å². The van der Waals surface area contributed by atoms with E-state index < -0.39 is 0 Å². The summed E-state index contributed by atoms with van der Waals surface area (Å²) in [6.07, 6.45) is 3.06. The Labute approximate surface area is 157 Å². The van der Waals surface area contributed by atoms with Crippen molar-refractivity contribution in [3.05, 3.63) is 46.3 Å². The zero-order valence-corrected chi connectivity index (χ0v) is 16.6. The number of aryl methyl sites for hydroxylation is 4. The van der Waals surface area contributed by atoms with Crippen molar-refractivity contribution in [2.24, 2.45) is 0 Å². The number of nitrogens with one attached hydrogen (secondary N) is 1. The van der Waals surface area contributed by atoms with Gasteiger partial charge in [-0.15, -0.1) is 5.10 Å². The molecular weight excluding hydrogens is 346 g/mol. The first-order valence-electron chi connectivity index (χ1n) is 8.59. The highest BCUT2D eigenvalue weighted by Gasteiger charge is 2.17. The summed E-state index contributed by atoms with van der Waals surface area (Å²) in [6.45, 7) is 7.96. The van der Waals surface area contributed by atoms with Crippen molar-refractivity contribution in [3.63, 3.8) is 0 Å². The maximum atomic E-state index is 12.7. The number of hydrogen-bond donors (Lipinski definition) is 1. The summed E-state index contributed by atoms with van der Waals surface area (Å²) in [5, 5.41) is 8.20. The molecule has 0 saturated carbocycles. The molecule has 0 radical (unpaired) electrons. The van der Waals surface area contributed by atoms with Gasteiger partial charge in [-0.1, -0.05) is 36.9 Å². The Morgan fingerprint density at radius 3 is 2.69 bits per heavy atom. The maximum Gasteiger partial charge on any atom is 0.253 e. The molecule has 0 aliphatic carbocycles. The molecule has 3 aromatic rings. The summed E-state index contributed by atoms with van der Waals surface area (Å²) in [5.74, 6) is 0.521. The van der Waals surface area contributed by atoms with Gasteiger partial charge in [0.25, 0.3) is 5.78 Å². The first-order valence-corrected chi connectivity index (χ1v) is 9.82. The quantitative estimate of drug-likeness (QED) is 0.697. The van der Waals surface area contributed by atoms with Crippen LogP contribution in [0.2, 0.25) is 0 Å². The van der Waals surface area contributed by atoms with Crippen molar-refractivity contribution < 1.29 is 4.79 Å². The van der Waals surface area contributed by atoms with E-state index in [2.05, 4.69) is 27.3 Å². The molecule has 0 saturated heterocycles. The molecule has 136 valence electrons. The molecule has 1 amide bonds. The van der Waals surface area contributed by atoms with Gasteiger partial charge in [-0.25, -0.2) is 9.50 Å². The Morgan fingerprint density at radius 1 is 1.23 bits per heavy atom. The maximum absolute atomic E-state index is 12.7. The van der Waals surface area contributed by atoms with Crippen LogP contribution in [0.1, 0.15) is 35.0 Å². The molecular formula is C19H23N5OS. The number of carbonyl (C=O) groups is 1. The lowest BCUT2D eigenvalue weighted by atomic mass is 10.0. The number of aromatic nitrogens is 4. The van der Waals surface area contributed by atoms with Crippen molar-refractivity contribution >= 4 is 29.1 Å². The molecule has 0 aliphatic heterocycles. The molecule has 1 aromatic carbocycles. The third kappa shape index (κ3) is 3.44. The second-order valence-electron chi connectivity index (χ2n) is 6.26. The summed E-state index contributed by atoms with van der Waals surface area (Å²) in [7, 11) is 0. The van der Waals surface area contributed by atoms with Gasteiger partial charge in [-0.05, 0) is 44.6 Å². The van der Waals surface area contributed by atoms with Crippen LogP contribution in [0.4, 0.5) is 5.69 Å². The van der Waals surface area contributed by atoms with E-state index in [0.717, 1.165) is 40.2 Å². The third-order valence-electron chi connectivity index (χ3n) is 4.55. The molecule has 0 unspecified atom stereocenters. The number of para-hydroxylation sites is 1. The fraction of sp³-hybridized carbons (Fsp3) is 0.368. The number of nitrogens with zero attached hydrogens (tertiary/aromatic N) is 4. The van der Waals surface area contributed by atoms with Gasteiger partial charge in [0.15, 0.2) is 0 Å². The van der Waals surface area contributed by atoms with E-state index >= 15 is 0 Å². The van der Waals surface area contributed by atoms with Crippen molar-refractivity contribution in [1.29, 1.82) is 0 Å². The highest BCUT2D eigenvalue weighted by atomic mass is 32.2. The molecule has 0 aliphatic rings. The van der Waals surface area contributed by atoms with Crippen LogP contribution in [-0.2, 0) is 17.6 Å². The van der Waals surface area contributed by atoms with Gasteiger partial charge in [0.2, 0.25) is 11.1 Å². The van der Waals surface area contributed by atoms with Crippen LogP contribution < -0.4 is 5.32 Å². The lowest BCUT2D eigenvalue weighted by Crippen LogP contribution is -2.19. The van der Waals surface area contributed by atoms with Gasteiger partial charge in [-0.3, -0.25) is 4.79 Å². The van der Waals surface area contributed by atoms with E-state index in [-0.39, 0.29) is 12.3 Å². The van der Waals surface area contributed by atoms with Crippen LogP contribution in [0.25, 0.3) is 5.78 Å². The van der Waals surface area contributed by atoms with Crippen LogP contribution in [0.5, 0.6) is 0 Å². The van der Waals surface area contributed by atoms with Crippen molar-refractivity contribution in [2.75, 3.05) is 11.6 Å². The average molecular weight is 369 g/mol. The summed E-state index contributed by atoms with van der Waals surface area (Å²) >= 11 is 1.47. The molecule has 7 heteroatoms. The lowest BCUT2D eigenvalue weighted by Gasteiger charge is -2.14. The number of carbonyl (C=O) groups excluding carboxylic acids is 1. The van der Waals surface area contributed by atoms with Crippen LogP contribution in [0.3, 0.4) is 0 Å². The molecule has 0 bridgehead atoms. The van der Waals surface area contributed by atoms with E-state index in [9.17, 15) is 4.79 Å². The highest BCUT2D eigenvalue weighted by Crippen LogP contribution is 2.22. The predicted molar refractivity (Wildman–Crippen MR) is 105 cm³/mol. The Bertz CT molecular complexity index is 980. The molecule has 0 atom stereocenters. The predicted octanol–water partition coefficient (Wildman–Crippen LogP) is 3.52. The number of anilines is 1. The zero-order chi connectivity index (χ0) is 18.8. The van der Waals surface area contributed by atoms with E-state index in [4.69, 9.17) is 0 Å². The topological polar surface area (TPSA) is 72.2 Å². The van der Waals surface area contributed by atoms with Crippen LogP contribution in [0, 0.1) is 20.8 Å². The molecule has 0 fully saturated rings. The molecule has 2 heterocycles. The van der Waals surface area contributed by atoms with Gasteiger partial charge < -0.3 is 5.32 Å². The highest BCUT2D eigenvalue weighted by molar-refractivity contribution is 7.98. The first-order chi connectivity index (χ1) is 12.4. The second-order valence-corrected chi connectivity index (χ2v) is 7.03. The smallest absolute Gasteiger partial charge is 0.253 e. The van der Waals surface area contributed by atoms with Gasteiger partial charge in [0.1, 0.15) is 0 Å². The Kier molecular flexibility index (Phi) is 5.27. The fourth-order valence-corrected chi connectivity index (χ4v) is 3.41. The van der Waals surface area contributed by atoms with Gasteiger partial charge >= 0.3 is 0 Å². The van der Waals surface area contributed by atoms with Gasteiger partial charge in [0, 0.05) is 22.6 Å². The largest absolute Gasteiger partial charge is 0.325 e. The zero-order valence-electron chi connectivity index (χ0n) is 15.8. The average Bonchev–Trinajstić information content (AvgIpc) is 3.03. The summed E-state index contributed by atoms with van der Waals surface area (Å²) in [6, 6.07) is 6.08. The molecule has 26 heavy (non-hydrogen) atoms. The van der Waals surface area contributed by atoms with Gasteiger partial charge in [-0.2, -0.15) is 4.98 Å². The molecule has 3 rings (SSSR count). The number of fused-ring (bicyclic) bond motifs is 1. The minimum atomic E-state index is -0.0495. The van der Waals surface area contributed by atoms with Crippen molar-refractivity contribution in [2.45, 2.75) is 45.7 Å². The normalized spacial score (nSPS) is 11.1. The monoisotopic (exact) mass is 369 g/mol. The second kappa shape index (κ2) is 7.45. The third-order valence-corrected chi connectivity index (χ3v) is 5.09. The van der Waals surface area contributed by atoms with Crippen LogP contribution >= 0.6 is 11.8 Å². The van der Waals surface area contributed by atoms with E-state index in [1.54, 1.807) is 4.52 Å². The molecule has 2 aromatic heterocycles.